The molecule has 0 saturated carbocycles. The highest BCUT2D eigenvalue weighted by Gasteiger charge is 2.27. The van der Waals surface area contributed by atoms with Crippen LogP contribution in [0.1, 0.15) is 36.0 Å². The SMILES string of the molecule is Cc1nc([C@@H]2CCCN(C(=O)Cn3cc(C)c(=O)[nH]c3=O)C2)n[nH]1. The topological polar surface area (TPSA) is 117 Å². The number of hydrogen-bond acceptors (Lipinski definition) is 5. The van der Waals surface area contributed by atoms with Gasteiger partial charge in [0.1, 0.15) is 12.4 Å². The Labute approximate surface area is 137 Å². The van der Waals surface area contributed by atoms with Gasteiger partial charge in [-0.25, -0.2) is 9.78 Å². The Morgan fingerprint density at radius 1 is 1.38 bits per heavy atom. The van der Waals surface area contributed by atoms with Crippen LogP contribution in [-0.4, -0.2) is 48.6 Å². The monoisotopic (exact) mass is 332 g/mol. The molecular formula is C15H20N6O3. The smallest absolute Gasteiger partial charge is 0.328 e. The van der Waals surface area contributed by atoms with Crippen molar-refractivity contribution in [1.29, 1.82) is 0 Å². The van der Waals surface area contributed by atoms with E-state index in [1.54, 1.807) is 11.8 Å². The number of carbonyl (C=O) groups excluding carboxylic acids is 1. The first-order valence-electron chi connectivity index (χ1n) is 7.91. The van der Waals surface area contributed by atoms with Crippen LogP contribution in [0.15, 0.2) is 15.8 Å². The van der Waals surface area contributed by atoms with Crippen molar-refractivity contribution in [1.82, 2.24) is 29.6 Å². The number of carbonyl (C=O) groups is 1. The number of nitrogens with zero attached hydrogens (tertiary/aromatic N) is 4. The number of aryl methyl sites for hydroxylation is 2. The molecule has 9 heteroatoms. The van der Waals surface area contributed by atoms with Gasteiger partial charge in [0.25, 0.3) is 5.56 Å². The highest BCUT2D eigenvalue weighted by molar-refractivity contribution is 5.76. The highest BCUT2D eigenvalue weighted by atomic mass is 16.2. The van der Waals surface area contributed by atoms with E-state index in [-0.39, 0.29) is 18.4 Å². The average Bonchev–Trinajstić information content (AvgIpc) is 2.99. The summed E-state index contributed by atoms with van der Waals surface area (Å²) in [6, 6.07) is 0. The van der Waals surface area contributed by atoms with Crippen LogP contribution in [0.4, 0.5) is 0 Å². The van der Waals surface area contributed by atoms with Crippen LogP contribution < -0.4 is 11.2 Å². The lowest BCUT2D eigenvalue weighted by atomic mass is 9.97. The zero-order chi connectivity index (χ0) is 17.3. The molecule has 3 heterocycles. The minimum atomic E-state index is -0.572. The van der Waals surface area contributed by atoms with Crippen LogP contribution in [0.5, 0.6) is 0 Å². The highest BCUT2D eigenvalue weighted by Crippen LogP contribution is 2.24. The number of likely N-dealkylation sites (tertiary alicyclic amines) is 1. The third kappa shape index (κ3) is 3.29. The van der Waals surface area contributed by atoms with Gasteiger partial charge in [-0.1, -0.05) is 0 Å². The lowest BCUT2D eigenvalue weighted by molar-refractivity contribution is -0.133. The average molecular weight is 332 g/mol. The Morgan fingerprint density at radius 2 is 2.17 bits per heavy atom. The summed E-state index contributed by atoms with van der Waals surface area (Å²) in [6.45, 7) is 4.54. The first-order chi connectivity index (χ1) is 11.4. The van der Waals surface area contributed by atoms with Gasteiger partial charge < -0.3 is 4.90 Å². The van der Waals surface area contributed by atoms with Crippen molar-refractivity contribution in [2.75, 3.05) is 13.1 Å². The van der Waals surface area contributed by atoms with E-state index in [0.717, 1.165) is 24.5 Å². The largest absolute Gasteiger partial charge is 0.340 e. The Morgan fingerprint density at radius 3 is 2.88 bits per heavy atom. The minimum absolute atomic E-state index is 0.0871. The van der Waals surface area contributed by atoms with Gasteiger partial charge in [-0.05, 0) is 26.7 Å². The molecule has 1 fully saturated rings. The molecule has 0 aliphatic carbocycles. The molecule has 1 amide bonds. The molecule has 2 aromatic rings. The van der Waals surface area contributed by atoms with Crippen LogP contribution in [0.25, 0.3) is 0 Å². The molecule has 3 rings (SSSR count). The minimum Gasteiger partial charge on any atom is -0.340 e. The summed E-state index contributed by atoms with van der Waals surface area (Å²) in [5.41, 5.74) is -0.603. The maximum absolute atomic E-state index is 12.5. The number of aromatic amines is 2. The van der Waals surface area contributed by atoms with Gasteiger partial charge >= 0.3 is 5.69 Å². The number of aromatic nitrogens is 5. The molecule has 1 aliphatic rings. The first-order valence-corrected chi connectivity index (χ1v) is 7.91. The van der Waals surface area contributed by atoms with Gasteiger partial charge in [0.05, 0.1) is 0 Å². The summed E-state index contributed by atoms with van der Waals surface area (Å²) in [5.74, 6) is 1.42. The molecule has 0 aromatic carbocycles. The van der Waals surface area contributed by atoms with Crippen LogP contribution >= 0.6 is 0 Å². The van der Waals surface area contributed by atoms with Gasteiger partial charge in [0.15, 0.2) is 5.82 Å². The van der Waals surface area contributed by atoms with E-state index in [0.29, 0.717) is 18.7 Å². The number of hydrogen-bond donors (Lipinski definition) is 2. The van der Waals surface area contributed by atoms with Gasteiger partial charge in [-0.3, -0.25) is 24.2 Å². The van der Waals surface area contributed by atoms with Crippen molar-refractivity contribution in [3.63, 3.8) is 0 Å². The predicted molar refractivity (Wildman–Crippen MR) is 85.7 cm³/mol. The number of amides is 1. The van der Waals surface area contributed by atoms with Crippen molar-refractivity contribution in [2.24, 2.45) is 0 Å². The van der Waals surface area contributed by atoms with Crippen molar-refractivity contribution in [2.45, 2.75) is 39.2 Å². The zero-order valence-corrected chi connectivity index (χ0v) is 13.7. The lowest BCUT2D eigenvalue weighted by Crippen LogP contribution is -2.43. The van der Waals surface area contributed by atoms with Crippen molar-refractivity contribution in [3.05, 3.63) is 44.2 Å². The molecular weight excluding hydrogens is 312 g/mol. The molecule has 0 spiro atoms. The molecule has 2 aromatic heterocycles. The van der Waals surface area contributed by atoms with E-state index >= 15 is 0 Å². The molecule has 0 unspecified atom stereocenters. The fourth-order valence-corrected chi connectivity index (χ4v) is 2.94. The zero-order valence-electron chi connectivity index (χ0n) is 13.7. The Kier molecular flexibility index (Phi) is 4.32. The van der Waals surface area contributed by atoms with E-state index in [9.17, 15) is 14.4 Å². The van der Waals surface area contributed by atoms with Crippen molar-refractivity contribution in [3.8, 4) is 0 Å². The van der Waals surface area contributed by atoms with Crippen LogP contribution in [0.3, 0.4) is 0 Å². The third-order valence-corrected chi connectivity index (χ3v) is 4.25. The molecule has 2 N–H and O–H groups in total. The second-order valence-corrected chi connectivity index (χ2v) is 6.16. The molecule has 1 saturated heterocycles. The molecule has 1 atom stereocenters. The van der Waals surface area contributed by atoms with Crippen LogP contribution in [0.2, 0.25) is 0 Å². The normalized spacial score (nSPS) is 17.9. The maximum atomic E-state index is 12.5. The fraction of sp³-hybridized carbons (Fsp3) is 0.533. The van der Waals surface area contributed by atoms with Gasteiger partial charge in [0, 0.05) is 30.8 Å². The Hall–Kier alpha value is -2.71. The Balaban J connectivity index is 1.72. The molecule has 9 nitrogen and oxygen atoms in total. The number of H-pyrrole nitrogens is 2. The summed E-state index contributed by atoms with van der Waals surface area (Å²) in [7, 11) is 0. The molecule has 0 radical (unpaired) electrons. The van der Waals surface area contributed by atoms with Gasteiger partial charge in [-0.2, -0.15) is 5.10 Å². The molecule has 1 aliphatic heterocycles. The quantitative estimate of drug-likeness (QED) is 0.799. The molecule has 24 heavy (non-hydrogen) atoms. The van der Waals surface area contributed by atoms with Crippen LogP contribution in [-0.2, 0) is 11.3 Å². The van der Waals surface area contributed by atoms with E-state index in [4.69, 9.17) is 0 Å². The summed E-state index contributed by atoms with van der Waals surface area (Å²) in [6.07, 6.45) is 3.21. The van der Waals surface area contributed by atoms with E-state index in [1.165, 1.54) is 10.8 Å². The second kappa shape index (κ2) is 6.42. The number of rotatable bonds is 3. The summed E-state index contributed by atoms with van der Waals surface area (Å²) in [4.78, 5) is 44.0. The maximum Gasteiger partial charge on any atom is 0.328 e. The number of piperidine rings is 1. The van der Waals surface area contributed by atoms with E-state index in [2.05, 4.69) is 20.2 Å². The standard InChI is InChI=1S/C15H20N6O3/c1-9-6-21(15(24)17-14(9)23)8-12(22)20-5-3-4-11(7-20)13-16-10(2)18-19-13/h6,11H,3-5,7-8H2,1-2H3,(H,16,18,19)(H,17,23,24)/t11-/m1/s1. The molecule has 0 bridgehead atoms. The number of nitrogens with one attached hydrogen (secondary N) is 2. The fourth-order valence-electron chi connectivity index (χ4n) is 2.94. The molecule has 128 valence electrons. The predicted octanol–water partition coefficient (Wildman–Crippen LogP) is -0.322. The van der Waals surface area contributed by atoms with E-state index in [1.807, 2.05) is 6.92 Å². The van der Waals surface area contributed by atoms with Crippen LogP contribution in [0, 0.1) is 13.8 Å². The van der Waals surface area contributed by atoms with E-state index < -0.39 is 11.2 Å². The summed E-state index contributed by atoms with van der Waals surface area (Å²) >= 11 is 0. The summed E-state index contributed by atoms with van der Waals surface area (Å²) in [5, 5.41) is 7.01. The van der Waals surface area contributed by atoms with Gasteiger partial charge in [-0.15, -0.1) is 0 Å². The Bertz CT molecular complexity index is 865. The van der Waals surface area contributed by atoms with Crippen molar-refractivity contribution < 1.29 is 4.79 Å². The first kappa shape index (κ1) is 16.2. The van der Waals surface area contributed by atoms with Gasteiger partial charge in [0.2, 0.25) is 5.91 Å². The lowest BCUT2D eigenvalue weighted by Gasteiger charge is -2.31. The van der Waals surface area contributed by atoms with Crippen molar-refractivity contribution >= 4 is 5.91 Å². The summed E-state index contributed by atoms with van der Waals surface area (Å²) < 4.78 is 1.24. The third-order valence-electron chi connectivity index (χ3n) is 4.25. The second-order valence-electron chi connectivity index (χ2n) is 6.16.